The Kier molecular flexibility index (Phi) is 6.70. The van der Waals surface area contributed by atoms with Crippen molar-refractivity contribution in [1.82, 2.24) is 9.78 Å². The van der Waals surface area contributed by atoms with Gasteiger partial charge in [-0.25, -0.2) is 0 Å². The topological polar surface area (TPSA) is 29.9 Å². The van der Waals surface area contributed by atoms with Crippen LogP contribution in [0, 0.1) is 0 Å². The third kappa shape index (κ3) is 5.79. The Balaban J connectivity index is 1.88. The van der Waals surface area contributed by atoms with Gasteiger partial charge in [0.1, 0.15) is 0 Å². The normalized spacial score (nSPS) is 10.6. The highest BCUT2D eigenvalue weighted by atomic mass is 15.3. The second kappa shape index (κ2) is 8.20. The van der Waals surface area contributed by atoms with Crippen LogP contribution in [0.4, 0.5) is 5.69 Å². The van der Waals surface area contributed by atoms with Crippen molar-refractivity contribution >= 4 is 5.69 Å². The number of anilines is 1. The van der Waals surface area contributed by atoms with Gasteiger partial charge in [0.2, 0.25) is 0 Å². The quantitative estimate of drug-likeness (QED) is 0.648. The van der Waals surface area contributed by atoms with Crippen LogP contribution in [0.1, 0.15) is 51.9 Å². The lowest BCUT2D eigenvalue weighted by molar-refractivity contribution is 0.596. The SMILES string of the molecule is CCCCCCCCCNc1cnn(C)c1. The predicted molar refractivity (Wildman–Crippen MR) is 69.7 cm³/mol. The summed E-state index contributed by atoms with van der Waals surface area (Å²) in [4.78, 5) is 0. The van der Waals surface area contributed by atoms with E-state index in [1.807, 2.05) is 24.1 Å². The third-order valence-electron chi connectivity index (χ3n) is 2.81. The lowest BCUT2D eigenvalue weighted by Gasteiger charge is -2.03. The van der Waals surface area contributed by atoms with Crippen LogP contribution in [-0.4, -0.2) is 16.3 Å². The van der Waals surface area contributed by atoms with Crippen molar-refractivity contribution in [2.24, 2.45) is 7.05 Å². The summed E-state index contributed by atoms with van der Waals surface area (Å²) in [6, 6.07) is 0. The molecule has 0 spiro atoms. The first-order chi connectivity index (χ1) is 7.83. The van der Waals surface area contributed by atoms with Crippen molar-refractivity contribution in [2.75, 3.05) is 11.9 Å². The molecule has 0 unspecified atom stereocenters. The Hall–Kier alpha value is -0.990. The van der Waals surface area contributed by atoms with Crippen LogP contribution in [0.15, 0.2) is 12.4 Å². The molecule has 1 heterocycles. The van der Waals surface area contributed by atoms with Crippen LogP contribution < -0.4 is 5.32 Å². The summed E-state index contributed by atoms with van der Waals surface area (Å²) in [5.41, 5.74) is 1.13. The molecule has 0 saturated carbocycles. The van der Waals surface area contributed by atoms with Crippen LogP contribution in [0.3, 0.4) is 0 Å². The van der Waals surface area contributed by atoms with Crippen LogP contribution in [0.25, 0.3) is 0 Å². The number of hydrogen-bond acceptors (Lipinski definition) is 2. The highest BCUT2D eigenvalue weighted by Crippen LogP contribution is 2.08. The van der Waals surface area contributed by atoms with Gasteiger partial charge >= 0.3 is 0 Å². The zero-order valence-corrected chi connectivity index (χ0v) is 10.7. The average Bonchev–Trinajstić information content (AvgIpc) is 2.68. The van der Waals surface area contributed by atoms with E-state index in [0.717, 1.165) is 12.2 Å². The summed E-state index contributed by atoms with van der Waals surface area (Å²) < 4.78 is 1.83. The maximum Gasteiger partial charge on any atom is 0.0726 e. The van der Waals surface area contributed by atoms with Gasteiger partial charge in [0.15, 0.2) is 0 Å². The summed E-state index contributed by atoms with van der Waals surface area (Å²) in [5, 5.41) is 7.50. The van der Waals surface area contributed by atoms with Crippen molar-refractivity contribution in [3.05, 3.63) is 12.4 Å². The third-order valence-corrected chi connectivity index (χ3v) is 2.81. The molecule has 0 aliphatic rings. The number of rotatable bonds is 9. The number of hydrogen-bond donors (Lipinski definition) is 1. The Morgan fingerprint density at radius 2 is 1.81 bits per heavy atom. The molecule has 3 nitrogen and oxygen atoms in total. The summed E-state index contributed by atoms with van der Waals surface area (Å²) in [7, 11) is 1.94. The Morgan fingerprint density at radius 3 is 2.44 bits per heavy atom. The molecule has 0 fully saturated rings. The first-order valence-corrected chi connectivity index (χ1v) is 6.55. The van der Waals surface area contributed by atoms with Crippen molar-refractivity contribution in [1.29, 1.82) is 0 Å². The Labute approximate surface area is 99.2 Å². The molecule has 0 aromatic carbocycles. The van der Waals surface area contributed by atoms with Gasteiger partial charge in [0, 0.05) is 19.8 Å². The molecule has 0 atom stereocenters. The lowest BCUT2D eigenvalue weighted by atomic mass is 10.1. The minimum Gasteiger partial charge on any atom is -0.383 e. The molecule has 0 bridgehead atoms. The molecule has 0 radical (unpaired) electrons. The number of nitrogens with one attached hydrogen (secondary N) is 1. The minimum atomic E-state index is 1.07. The van der Waals surface area contributed by atoms with Gasteiger partial charge in [-0.3, -0.25) is 4.68 Å². The molecule has 1 rings (SSSR count). The lowest BCUT2D eigenvalue weighted by Crippen LogP contribution is -2.00. The van der Waals surface area contributed by atoms with Crippen molar-refractivity contribution < 1.29 is 0 Å². The van der Waals surface area contributed by atoms with Crippen LogP contribution in [0.2, 0.25) is 0 Å². The molecule has 16 heavy (non-hydrogen) atoms. The van der Waals surface area contributed by atoms with E-state index in [0.29, 0.717) is 0 Å². The summed E-state index contributed by atoms with van der Waals surface area (Å²) in [6.07, 6.45) is 13.4. The summed E-state index contributed by atoms with van der Waals surface area (Å²) >= 11 is 0. The van der Waals surface area contributed by atoms with E-state index in [-0.39, 0.29) is 0 Å². The van der Waals surface area contributed by atoms with Crippen molar-refractivity contribution in [2.45, 2.75) is 51.9 Å². The first-order valence-electron chi connectivity index (χ1n) is 6.55. The maximum atomic E-state index is 4.12. The first kappa shape index (κ1) is 13.1. The highest BCUT2D eigenvalue weighted by molar-refractivity contribution is 5.37. The Morgan fingerprint density at radius 1 is 1.12 bits per heavy atom. The maximum absolute atomic E-state index is 4.12. The average molecular weight is 223 g/mol. The molecular formula is C13H25N3. The molecule has 0 aliphatic carbocycles. The zero-order valence-electron chi connectivity index (χ0n) is 10.7. The number of aromatic nitrogens is 2. The van der Waals surface area contributed by atoms with E-state index in [1.165, 1.54) is 44.9 Å². The van der Waals surface area contributed by atoms with E-state index in [9.17, 15) is 0 Å². The van der Waals surface area contributed by atoms with Gasteiger partial charge in [-0.1, -0.05) is 45.4 Å². The molecule has 1 aromatic heterocycles. The molecule has 3 heteroatoms. The van der Waals surface area contributed by atoms with E-state index in [2.05, 4.69) is 17.3 Å². The molecule has 0 aliphatic heterocycles. The Bertz CT molecular complexity index is 268. The zero-order chi connectivity index (χ0) is 11.6. The molecule has 0 amide bonds. The van der Waals surface area contributed by atoms with Gasteiger partial charge in [-0.05, 0) is 6.42 Å². The molecular weight excluding hydrogens is 198 g/mol. The van der Waals surface area contributed by atoms with Crippen molar-refractivity contribution in [3.63, 3.8) is 0 Å². The van der Waals surface area contributed by atoms with E-state index in [1.54, 1.807) is 0 Å². The molecule has 1 aromatic rings. The number of unbranched alkanes of at least 4 members (excludes halogenated alkanes) is 6. The summed E-state index contributed by atoms with van der Waals surface area (Å²) in [6.45, 7) is 3.33. The fourth-order valence-corrected chi connectivity index (χ4v) is 1.83. The van der Waals surface area contributed by atoms with E-state index in [4.69, 9.17) is 0 Å². The molecule has 0 saturated heterocycles. The predicted octanol–water partition coefficient (Wildman–Crippen LogP) is 3.58. The van der Waals surface area contributed by atoms with Gasteiger partial charge in [-0.15, -0.1) is 0 Å². The molecule has 1 N–H and O–H groups in total. The van der Waals surface area contributed by atoms with Gasteiger partial charge in [0.25, 0.3) is 0 Å². The monoisotopic (exact) mass is 223 g/mol. The van der Waals surface area contributed by atoms with Crippen LogP contribution in [0.5, 0.6) is 0 Å². The van der Waals surface area contributed by atoms with Gasteiger partial charge in [-0.2, -0.15) is 5.10 Å². The number of aryl methyl sites for hydroxylation is 1. The highest BCUT2D eigenvalue weighted by Gasteiger charge is 1.94. The minimum absolute atomic E-state index is 1.07. The fourth-order valence-electron chi connectivity index (χ4n) is 1.83. The summed E-state index contributed by atoms with van der Waals surface area (Å²) in [5.74, 6) is 0. The van der Waals surface area contributed by atoms with Gasteiger partial charge < -0.3 is 5.32 Å². The van der Waals surface area contributed by atoms with Crippen LogP contribution in [-0.2, 0) is 7.05 Å². The van der Waals surface area contributed by atoms with Gasteiger partial charge in [0.05, 0.1) is 11.9 Å². The van der Waals surface area contributed by atoms with E-state index < -0.39 is 0 Å². The van der Waals surface area contributed by atoms with Crippen molar-refractivity contribution in [3.8, 4) is 0 Å². The fraction of sp³-hybridized carbons (Fsp3) is 0.769. The smallest absolute Gasteiger partial charge is 0.0726 e. The van der Waals surface area contributed by atoms with Crippen LogP contribution >= 0.6 is 0 Å². The number of nitrogens with zero attached hydrogens (tertiary/aromatic N) is 2. The second-order valence-electron chi connectivity index (χ2n) is 4.45. The molecule has 92 valence electrons. The second-order valence-corrected chi connectivity index (χ2v) is 4.45. The van der Waals surface area contributed by atoms with E-state index >= 15 is 0 Å². The standard InChI is InChI=1S/C13H25N3/c1-3-4-5-6-7-8-9-10-14-13-11-15-16(2)12-13/h11-12,14H,3-10H2,1-2H3. The largest absolute Gasteiger partial charge is 0.383 e.